The minimum atomic E-state index is -3.68. The van der Waals surface area contributed by atoms with Gasteiger partial charge in [0, 0.05) is 14.8 Å². The van der Waals surface area contributed by atoms with Crippen LogP contribution in [0.25, 0.3) is 11.1 Å². The van der Waals surface area contributed by atoms with Gasteiger partial charge in [0.25, 0.3) is 10.0 Å². The Morgan fingerprint density at radius 1 is 0.964 bits per heavy atom. The van der Waals surface area contributed by atoms with E-state index in [0.717, 1.165) is 25.8 Å². The van der Waals surface area contributed by atoms with Gasteiger partial charge in [-0.15, -0.1) is 0 Å². The highest BCUT2D eigenvalue weighted by atomic mass is 127. The first kappa shape index (κ1) is 21.0. The molecule has 3 aromatic rings. The highest BCUT2D eigenvalue weighted by Crippen LogP contribution is 2.39. The third-order valence-electron chi connectivity index (χ3n) is 4.31. The summed E-state index contributed by atoms with van der Waals surface area (Å²) in [5, 5.41) is 0.494. The standard InChI is InChI=1S/C21H19ClINO3S/c1-13-10-19(21(22)20(11-13)27-3)18-12-16(7-4-14(18)2)24-28(25,26)17-8-5-15(23)6-9-17/h4-12,24H,1-3H3. The summed E-state index contributed by atoms with van der Waals surface area (Å²) < 4.78 is 34.4. The molecule has 0 bridgehead atoms. The van der Waals surface area contributed by atoms with E-state index in [2.05, 4.69) is 27.3 Å². The predicted molar refractivity (Wildman–Crippen MR) is 123 cm³/mol. The summed E-state index contributed by atoms with van der Waals surface area (Å²) in [6.45, 7) is 3.92. The summed E-state index contributed by atoms with van der Waals surface area (Å²) in [7, 11) is -2.11. The van der Waals surface area contributed by atoms with Gasteiger partial charge in [0.1, 0.15) is 5.75 Å². The Labute approximate surface area is 184 Å². The van der Waals surface area contributed by atoms with Crippen LogP contribution in [0.2, 0.25) is 5.02 Å². The van der Waals surface area contributed by atoms with E-state index < -0.39 is 10.0 Å². The van der Waals surface area contributed by atoms with Gasteiger partial charge in [-0.25, -0.2) is 8.42 Å². The summed E-state index contributed by atoms with van der Waals surface area (Å²) in [6.07, 6.45) is 0. The fourth-order valence-corrected chi connectivity index (χ4v) is 4.58. The molecule has 0 spiro atoms. The Morgan fingerprint density at radius 3 is 2.29 bits per heavy atom. The molecule has 0 saturated carbocycles. The number of sulfonamides is 1. The van der Waals surface area contributed by atoms with Crippen LogP contribution in [-0.4, -0.2) is 15.5 Å². The number of ether oxygens (including phenoxy) is 1. The summed E-state index contributed by atoms with van der Waals surface area (Å²) in [4.78, 5) is 0.213. The summed E-state index contributed by atoms with van der Waals surface area (Å²) in [6, 6.07) is 15.9. The van der Waals surface area contributed by atoms with Crippen LogP contribution < -0.4 is 9.46 Å². The minimum Gasteiger partial charge on any atom is -0.495 e. The van der Waals surface area contributed by atoms with E-state index in [-0.39, 0.29) is 4.90 Å². The molecule has 0 fully saturated rings. The van der Waals surface area contributed by atoms with Gasteiger partial charge in [0.2, 0.25) is 0 Å². The number of nitrogens with one attached hydrogen (secondary N) is 1. The number of benzene rings is 3. The van der Waals surface area contributed by atoms with Crippen LogP contribution in [0.15, 0.2) is 59.5 Å². The van der Waals surface area contributed by atoms with Crippen molar-refractivity contribution in [2.45, 2.75) is 18.7 Å². The minimum absolute atomic E-state index is 0.213. The molecule has 3 rings (SSSR count). The number of aryl methyl sites for hydroxylation is 2. The first-order valence-electron chi connectivity index (χ1n) is 8.45. The van der Waals surface area contributed by atoms with Crippen LogP contribution in [0.4, 0.5) is 5.69 Å². The second-order valence-electron chi connectivity index (χ2n) is 6.42. The lowest BCUT2D eigenvalue weighted by Crippen LogP contribution is -2.13. The van der Waals surface area contributed by atoms with Crippen molar-refractivity contribution in [1.29, 1.82) is 0 Å². The molecule has 0 aliphatic heterocycles. The molecule has 0 aliphatic rings. The molecule has 1 N–H and O–H groups in total. The average Bonchev–Trinajstić information content (AvgIpc) is 2.65. The Balaban J connectivity index is 2.03. The number of halogens is 2. The molecular weight excluding hydrogens is 509 g/mol. The van der Waals surface area contributed by atoms with E-state index in [9.17, 15) is 8.42 Å². The van der Waals surface area contributed by atoms with Gasteiger partial charge in [-0.3, -0.25) is 4.72 Å². The first-order valence-corrected chi connectivity index (χ1v) is 11.4. The second kappa shape index (κ2) is 8.31. The maximum absolute atomic E-state index is 12.7. The van der Waals surface area contributed by atoms with E-state index in [1.807, 2.05) is 32.0 Å². The fourth-order valence-electron chi connectivity index (χ4n) is 2.88. The smallest absolute Gasteiger partial charge is 0.261 e. The molecule has 0 heterocycles. The first-order chi connectivity index (χ1) is 13.2. The Hall–Kier alpha value is -1.77. The van der Waals surface area contributed by atoms with Crippen molar-refractivity contribution < 1.29 is 13.2 Å². The Kier molecular flexibility index (Phi) is 6.21. The number of anilines is 1. The lowest BCUT2D eigenvalue weighted by Gasteiger charge is -2.15. The zero-order chi connectivity index (χ0) is 20.5. The second-order valence-corrected chi connectivity index (χ2v) is 9.72. The van der Waals surface area contributed by atoms with Gasteiger partial charge < -0.3 is 4.74 Å². The van der Waals surface area contributed by atoms with Crippen LogP contribution >= 0.6 is 34.2 Å². The highest BCUT2D eigenvalue weighted by Gasteiger charge is 2.17. The summed E-state index contributed by atoms with van der Waals surface area (Å²) in [5.74, 6) is 0.584. The lowest BCUT2D eigenvalue weighted by molar-refractivity contribution is 0.415. The fraction of sp³-hybridized carbons (Fsp3) is 0.143. The quantitative estimate of drug-likeness (QED) is 0.412. The van der Waals surface area contributed by atoms with Crippen molar-refractivity contribution in [3.8, 4) is 16.9 Å². The van der Waals surface area contributed by atoms with Gasteiger partial charge in [-0.1, -0.05) is 17.7 Å². The van der Waals surface area contributed by atoms with Crippen LogP contribution in [0, 0.1) is 17.4 Å². The maximum Gasteiger partial charge on any atom is 0.261 e. The highest BCUT2D eigenvalue weighted by molar-refractivity contribution is 14.1. The molecule has 0 aromatic heterocycles. The van der Waals surface area contributed by atoms with E-state index in [0.29, 0.717) is 16.5 Å². The molecule has 0 radical (unpaired) electrons. The van der Waals surface area contributed by atoms with E-state index in [4.69, 9.17) is 16.3 Å². The molecule has 0 amide bonds. The van der Waals surface area contributed by atoms with Gasteiger partial charge in [-0.2, -0.15) is 0 Å². The molecule has 4 nitrogen and oxygen atoms in total. The van der Waals surface area contributed by atoms with E-state index in [1.165, 1.54) is 0 Å². The molecule has 0 unspecified atom stereocenters. The Bertz CT molecular complexity index is 1130. The number of hydrogen-bond acceptors (Lipinski definition) is 3. The largest absolute Gasteiger partial charge is 0.495 e. The number of methoxy groups -OCH3 is 1. The van der Waals surface area contributed by atoms with Gasteiger partial charge in [0.05, 0.1) is 17.0 Å². The SMILES string of the molecule is COc1cc(C)cc(-c2cc(NS(=O)(=O)c3ccc(I)cc3)ccc2C)c1Cl. The third kappa shape index (κ3) is 4.45. The van der Waals surface area contributed by atoms with Crippen molar-refractivity contribution in [3.63, 3.8) is 0 Å². The van der Waals surface area contributed by atoms with Crippen molar-refractivity contribution >= 4 is 49.9 Å². The Morgan fingerprint density at radius 2 is 1.64 bits per heavy atom. The lowest BCUT2D eigenvalue weighted by atomic mass is 9.98. The van der Waals surface area contributed by atoms with Crippen LogP contribution in [0.5, 0.6) is 5.75 Å². The van der Waals surface area contributed by atoms with Gasteiger partial charge >= 0.3 is 0 Å². The van der Waals surface area contributed by atoms with Crippen molar-refractivity contribution in [2.24, 2.45) is 0 Å². The number of rotatable bonds is 5. The molecule has 0 aliphatic carbocycles. The summed E-state index contributed by atoms with van der Waals surface area (Å²) in [5.41, 5.74) is 4.09. The van der Waals surface area contributed by atoms with E-state index >= 15 is 0 Å². The normalized spacial score (nSPS) is 11.3. The van der Waals surface area contributed by atoms with Crippen molar-refractivity contribution in [3.05, 3.63) is 74.3 Å². The molecular formula is C21H19ClINO3S. The number of hydrogen-bond donors (Lipinski definition) is 1. The molecule has 28 heavy (non-hydrogen) atoms. The monoisotopic (exact) mass is 527 g/mol. The van der Waals surface area contributed by atoms with Crippen molar-refractivity contribution in [2.75, 3.05) is 11.8 Å². The van der Waals surface area contributed by atoms with Gasteiger partial charge in [-0.05, 0) is 102 Å². The van der Waals surface area contributed by atoms with Crippen LogP contribution in [0.3, 0.4) is 0 Å². The summed E-state index contributed by atoms with van der Waals surface area (Å²) >= 11 is 8.66. The molecule has 146 valence electrons. The van der Waals surface area contributed by atoms with Crippen LogP contribution in [0.1, 0.15) is 11.1 Å². The van der Waals surface area contributed by atoms with Crippen molar-refractivity contribution in [1.82, 2.24) is 0 Å². The average molecular weight is 528 g/mol. The zero-order valence-corrected chi connectivity index (χ0v) is 19.3. The molecule has 0 atom stereocenters. The van der Waals surface area contributed by atoms with Crippen LogP contribution in [-0.2, 0) is 10.0 Å². The zero-order valence-electron chi connectivity index (χ0n) is 15.6. The predicted octanol–water partition coefficient (Wildman–Crippen LogP) is 6.04. The van der Waals surface area contributed by atoms with Gasteiger partial charge in [0.15, 0.2) is 0 Å². The topological polar surface area (TPSA) is 55.4 Å². The van der Waals surface area contributed by atoms with E-state index in [1.54, 1.807) is 43.5 Å². The maximum atomic E-state index is 12.7. The third-order valence-corrected chi connectivity index (χ3v) is 6.81. The molecule has 0 saturated heterocycles. The molecule has 7 heteroatoms. The molecule has 3 aromatic carbocycles.